The summed E-state index contributed by atoms with van der Waals surface area (Å²) < 4.78 is 16.9. The fourth-order valence-corrected chi connectivity index (χ4v) is 10.0. The highest BCUT2D eigenvalue weighted by Crippen LogP contribution is 2.17. The second-order valence-electron chi connectivity index (χ2n) is 23.4. The Kier molecular flexibility index (Phi) is 66.7. The topological polar surface area (TPSA) is 78.9 Å². The lowest BCUT2D eigenvalue weighted by Crippen LogP contribution is -2.30. The normalized spacial score (nSPS) is 12.7. The van der Waals surface area contributed by atoms with Gasteiger partial charge in [0.2, 0.25) is 0 Å². The fraction of sp³-hybridized carbons (Fsp3) is 0.750. The molecule has 0 fully saturated rings. The summed E-state index contributed by atoms with van der Waals surface area (Å²) in [6.45, 7) is 6.50. The van der Waals surface area contributed by atoms with Crippen LogP contribution in [-0.2, 0) is 28.6 Å². The molecular formula is C76H132O6. The van der Waals surface area contributed by atoms with Gasteiger partial charge in [-0.1, -0.05) is 317 Å². The Labute approximate surface area is 508 Å². The molecule has 0 aromatic rings. The van der Waals surface area contributed by atoms with Crippen molar-refractivity contribution in [3.05, 3.63) is 97.2 Å². The van der Waals surface area contributed by atoms with E-state index in [0.717, 1.165) is 77.0 Å². The average Bonchev–Trinajstić information content (AvgIpc) is 3.47. The van der Waals surface area contributed by atoms with Gasteiger partial charge in [-0.05, 0) is 109 Å². The van der Waals surface area contributed by atoms with E-state index in [1.165, 1.54) is 225 Å². The highest BCUT2D eigenvalue weighted by molar-refractivity contribution is 5.71. The lowest BCUT2D eigenvalue weighted by molar-refractivity contribution is -0.166. The number of ether oxygens (including phenoxy) is 3. The predicted octanol–water partition coefficient (Wildman–Crippen LogP) is 24.4. The van der Waals surface area contributed by atoms with E-state index in [-0.39, 0.29) is 37.5 Å². The van der Waals surface area contributed by atoms with Crippen molar-refractivity contribution < 1.29 is 28.6 Å². The molecule has 6 heteroatoms. The van der Waals surface area contributed by atoms with Crippen molar-refractivity contribution >= 4 is 17.9 Å². The van der Waals surface area contributed by atoms with Crippen LogP contribution in [0.3, 0.4) is 0 Å². The summed E-state index contributed by atoms with van der Waals surface area (Å²) in [6, 6.07) is 0. The molecule has 0 bridgehead atoms. The van der Waals surface area contributed by atoms with Crippen molar-refractivity contribution in [3.8, 4) is 0 Å². The highest BCUT2D eigenvalue weighted by Gasteiger charge is 2.19. The molecule has 0 rings (SSSR count). The SMILES string of the molecule is CC/C=C\C/C=C\C/C=C\C/C=C\C/C=C\C/C=C\CCC(=O)OC(COC(=O)CCCCCCCCC/C=C\CCCCCCCCC)COC(=O)CCCCCCCCCCCCCCCCC/C=C\CCCCCCCCCC. The van der Waals surface area contributed by atoms with Gasteiger partial charge in [0.05, 0.1) is 0 Å². The maximum Gasteiger partial charge on any atom is 0.306 e. The van der Waals surface area contributed by atoms with Crippen LogP contribution in [0.2, 0.25) is 0 Å². The van der Waals surface area contributed by atoms with Crippen molar-refractivity contribution in [1.82, 2.24) is 0 Å². The number of hydrogen-bond donors (Lipinski definition) is 0. The summed E-state index contributed by atoms with van der Waals surface area (Å²) in [5.74, 6) is -0.981. The first-order valence-electron chi connectivity index (χ1n) is 35.2. The molecule has 0 heterocycles. The molecule has 0 amide bonds. The van der Waals surface area contributed by atoms with Crippen LogP contribution < -0.4 is 0 Å². The lowest BCUT2D eigenvalue weighted by atomic mass is 10.0. The van der Waals surface area contributed by atoms with E-state index in [4.69, 9.17) is 14.2 Å². The smallest absolute Gasteiger partial charge is 0.306 e. The van der Waals surface area contributed by atoms with Crippen LogP contribution in [0.25, 0.3) is 0 Å². The fourth-order valence-electron chi connectivity index (χ4n) is 10.0. The molecule has 0 aliphatic heterocycles. The van der Waals surface area contributed by atoms with Gasteiger partial charge in [-0.15, -0.1) is 0 Å². The van der Waals surface area contributed by atoms with Gasteiger partial charge in [-0.2, -0.15) is 0 Å². The van der Waals surface area contributed by atoms with Gasteiger partial charge in [0.25, 0.3) is 0 Å². The molecular weight excluding hydrogens is 1010 g/mol. The van der Waals surface area contributed by atoms with Gasteiger partial charge in [0, 0.05) is 19.3 Å². The maximum atomic E-state index is 12.9. The number of allylic oxidation sites excluding steroid dienone is 16. The summed E-state index contributed by atoms with van der Waals surface area (Å²) in [4.78, 5) is 38.4. The zero-order valence-corrected chi connectivity index (χ0v) is 54.2. The Morgan fingerprint density at radius 3 is 0.793 bits per heavy atom. The molecule has 0 aromatic heterocycles. The molecule has 6 nitrogen and oxygen atoms in total. The van der Waals surface area contributed by atoms with Crippen molar-refractivity contribution in [2.45, 2.75) is 354 Å². The summed E-state index contributed by atoms with van der Waals surface area (Å²) in [5.41, 5.74) is 0. The molecule has 1 unspecified atom stereocenters. The van der Waals surface area contributed by atoms with E-state index in [1.54, 1.807) is 0 Å². The van der Waals surface area contributed by atoms with Crippen LogP contribution in [0.15, 0.2) is 97.2 Å². The van der Waals surface area contributed by atoms with E-state index in [2.05, 4.69) is 112 Å². The first kappa shape index (κ1) is 78.3. The Balaban J connectivity index is 4.39. The van der Waals surface area contributed by atoms with Crippen molar-refractivity contribution in [1.29, 1.82) is 0 Å². The minimum Gasteiger partial charge on any atom is -0.462 e. The molecule has 0 aromatic carbocycles. The minimum absolute atomic E-state index is 0.107. The average molecular weight is 1140 g/mol. The third-order valence-electron chi connectivity index (χ3n) is 15.3. The molecule has 0 radical (unpaired) electrons. The van der Waals surface area contributed by atoms with E-state index in [0.29, 0.717) is 19.3 Å². The van der Waals surface area contributed by atoms with E-state index in [1.807, 2.05) is 6.08 Å². The third kappa shape index (κ3) is 67.1. The van der Waals surface area contributed by atoms with Gasteiger partial charge < -0.3 is 14.2 Å². The van der Waals surface area contributed by atoms with Crippen LogP contribution in [-0.4, -0.2) is 37.2 Å². The van der Waals surface area contributed by atoms with Crippen LogP contribution in [0.4, 0.5) is 0 Å². The van der Waals surface area contributed by atoms with Crippen LogP contribution in [0.1, 0.15) is 348 Å². The van der Waals surface area contributed by atoms with Crippen molar-refractivity contribution in [2.75, 3.05) is 13.2 Å². The molecule has 472 valence electrons. The monoisotopic (exact) mass is 1140 g/mol. The zero-order valence-electron chi connectivity index (χ0n) is 54.2. The van der Waals surface area contributed by atoms with Gasteiger partial charge in [-0.3, -0.25) is 14.4 Å². The number of unbranched alkanes of at least 4 members (excludes halogenated alkanes) is 37. The number of carbonyl (C=O) groups excluding carboxylic acids is 3. The van der Waals surface area contributed by atoms with Crippen LogP contribution >= 0.6 is 0 Å². The van der Waals surface area contributed by atoms with Crippen LogP contribution in [0.5, 0.6) is 0 Å². The molecule has 0 spiro atoms. The Morgan fingerprint density at radius 1 is 0.256 bits per heavy atom. The molecule has 0 N–H and O–H groups in total. The van der Waals surface area contributed by atoms with Crippen molar-refractivity contribution in [3.63, 3.8) is 0 Å². The Bertz CT molecular complexity index is 1590. The lowest BCUT2D eigenvalue weighted by Gasteiger charge is -2.18. The molecule has 0 aliphatic rings. The van der Waals surface area contributed by atoms with E-state index >= 15 is 0 Å². The first-order valence-corrected chi connectivity index (χ1v) is 35.2. The standard InChI is InChI=1S/C76H132O6/c1-4-7-10-13-16-19-22-25-28-31-34-35-36-37-38-39-40-41-43-45-48-51-54-57-60-63-66-69-75(78)81-72-73(71-80-74(77)68-65-62-59-56-53-50-47-44-33-30-27-24-21-18-15-12-9-6-3)82-76(79)70-67-64-61-58-55-52-49-46-42-32-29-26-23-20-17-14-11-8-5-2/h8,11,17,20,26,29-31,33-34,42,46,52,55,61,64,73H,4-7,9-10,12-16,18-19,21-25,27-28,32,35-41,43-45,47-51,53-54,56-60,62-63,65-72H2,1-3H3/b11-8-,20-17-,29-26-,33-30-,34-31-,46-42-,55-52-,64-61-. The number of carbonyl (C=O) groups is 3. The van der Waals surface area contributed by atoms with Gasteiger partial charge in [0.15, 0.2) is 6.10 Å². The number of rotatable bonds is 64. The molecule has 1 atom stereocenters. The molecule has 0 aliphatic carbocycles. The molecule has 0 saturated carbocycles. The second-order valence-corrected chi connectivity index (χ2v) is 23.4. The Hall–Kier alpha value is -3.67. The van der Waals surface area contributed by atoms with Gasteiger partial charge in [-0.25, -0.2) is 0 Å². The predicted molar refractivity (Wildman–Crippen MR) is 357 cm³/mol. The van der Waals surface area contributed by atoms with E-state index in [9.17, 15) is 14.4 Å². The Morgan fingerprint density at radius 2 is 0.500 bits per heavy atom. The van der Waals surface area contributed by atoms with Crippen LogP contribution in [0, 0.1) is 0 Å². The van der Waals surface area contributed by atoms with Gasteiger partial charge in [0.1, 0.15) is 13.2 Å². The third-order valence-corrected chi connectivity index (χ3v) is 15.3. The maximum absolute atomic E-state index is 12.9. The molecule has 0 saturated heterocycles. The summed E-state index contributed by atoms with van der Waals surface area (Å²) in [7, 11) is 0. The largest absolute Gasteiger partial charge is 0.462 e. The van der Waals surface area contributed by atoms with Crippen molar-refractivity contribution in [2.24, 2.45) is 0 Å². The second kappa shape index (κ2) is 69.8. The molecule has 82 heavy (non-hydrogen) atoms. The number of esters is 3. The summed E-state index contributed by atoms with van der Waals surface area (Å²) in [5, 5.41) is 0. The zero-order chi connectivity index (χ0) is 59.2. The summed E-state index contributed by atoms with van der Waals surface area (Å²) >= 11 is 0. The number of hydrogen-bond acceptors (Lipinski definition) is 6. The minimum atomic E-state index is -0.822. The highest BCUT2D eigenvalue weighted by atomic mass is 16.6. The van der Waals surface area contributed by atoms with E-state index < -0.39 is 6.10 Å². The first-order chi connectivity index (χ1) is 40.5. The quantitative estimate of drug-likeness (QED) is 0.0261. The van der Waals surface area contributed by atoms with Gasteiger partial charge >= 0.3 is 17.9 Å². The summed E-state index contributed by atoms with van der Waals surface area (Å²) in [6.07, 6.45) is 94.5.